The lowest BCUT2D eigenvalue weighted by Crippen LogP contribution is -2.53. The molecule has 1 aliphatic rings. The lowest BCUT2D eigenvalue weighted by molar-refractivity contribution is -0.119. The molecule has 0 fully saturated rings. The van der Waals surface area contributed by atoms with Crippen LogP contribution in [-0.4, -0.2) is 33.2 Å². The van der Waals surface area contributed by atoms with Gasteiger partial charge in [0, 0.05) is 23.4 Å². The van der Waals surface area contributed by atoms with E-state index < -0.39 is 17.9 Å². The third-order valence-electron chi connectivity index (χ3n) is 6.02. The molecule has 1 amide bonds. The Hall–Kier alpha value is -3.77. The highest BCUT2D eigenvalue weighted by Gasteiger charge is 2.48. The minimum Gasteiger partial charge on any atom is -0.344 e. The predicted octanol–water partition coefficient (Wildman–Crippen LogP) is 4.60. The van der Waals surface area contributed by atoms with Gasteiger partial charge in [0.25, 0.3) is 5.91 Å². The highest BCUT2D eigenvalue weighted by atomic mass is 35.5. The van der Waals surface area contributed by atoms with Crippen LogP contribution in [0.2, 0.25) is 5.02 Å². The number of nitrogens with one attached hydrogen (secondary N) is 1. The van der Waals surface area contributed by atoms with Gasteiger partial charge >= 0.3 is 0 Å². The summed E-state index contributed by atoms with van der Waals surface area (Å²) in [5.41, 5.74) is 2.45. The number of nitrogens with zero attached hydrogens (tertiary/aromatic N) is 2. The fourth-order valence-corrected chi connectivity index (χ4v) is 4.76. The topological polar surface area (TPSA) is 81.1 Å². The molecule has 0 saturated heterocycles. The molecule has 7 heteroatoms. The molecule has 1 aliphatic heterocycles. The molecule has 1 N–H and O–H groups in total. The van der Waals surface area contributed by atoms with Crippen molar-refractivity contribution in [2.24, 2.45) is 0 Å². The second kappa shape index (κ2) is 8.30. The van der Waals surface area contributed by atoms with Crippen LogP contribution in [0.15, 0.2) is 78.9 Å². The maximum Gasteiger partial charge on any atom is 0.255 e. The molecule has 3 aromatic carbocycles. The molecule has 2 heterocycles. The van der Waals surface area contributed by atoms with Crippen molar-refractivity contribution in [2.75, 3.05) is 0 Å². The maximum absolute atomic E-state index is 13.9. The van der Waals surface area contributed by atoms with Crippen LogP contribution in [-0.2, 0) is 4.79 Å². The van der Waals surface area contributed by atoms with Crippen LogP contribution in [0, 0.1) is 0 Å². The molecule has 5 rings (SSSR count). The Balaban J connectivity index is 1.79. The summed E-state index contributed by atoms with van der Waals surface area (Å²) in [6, 6.07) is 22.2. The van der Waals surface area contributed by atoms with Crippen LogP contribution < -0.4 is 5.32 Å². The van der Waals surface area contributed by atoms with Crippen molar-refractivity contribution in [3.63, 3.8) is 0 Å². The molecule has 0 saturated carbocycles. The number of benzene rings is 3. The average Bonchev–Trinajstić information content (AvgIpc) is 3.21. The lowest BCUT2D eigenvalue weighted by atomic mass is 9.74. The first kappa shape index (κ1) is 21.1. The molecular weight excluding hydrogens is 438 g/mol. The molecule has 0 unspecified atom stereocenters. The van der Waals surface area contributed by atoms with Crippen LogP contribution in [0.4, 0.5) is 0 Å². The van der Waals surface area contributed by atoms with Gasteiger partial charge in [0.1, 0.15) is 11.9 Å². The first-order chi connectivity index (χ1) is 16.0. The summed E-state index contributed by atoms with van der Waals surface area (Å²) in [5.74, 6) is -1.94. The molecule has 164 valence electrons. The molecular formula is C26H20ClN3O3. The van der Waals surface area contributed by atoms with Crippen molar-refractivity contribution in [3.8, 4) is 0 Å². The molecule has 6 nitrogen and oxygen atoms in total. The summed E-state index contributed by atoms with van der Waals surface area (Å²) in [6.45, 7) is 1.36. The van der Waals surface area contributed by atoms with Gasteiger partial charge in [0.2, 0.25) is 5.91 Å². The highest BCUT2D eigenvalue weighted by molar-refractivity contribution is 6.30. The normalized spacial score (nSPS) is 19.8. The molecule has 0 aliphatic carbocycles. The maximum atomic E-state index is 13.9. The van der Waals surface area contributed by atoms with Crippen LogP contribution in [0.3, 0.4) is 0 Å². The number of ketones is 1. The summed E-state index contributed by atoms with van der Waals surface area (Å²) in [4.78, 5) is 44.6. The Morgan fingerprint density at radius 3 is 2.30 bits per heavy atom. The third kappa shape index (κ3) is 3.62. The number of carbonyl (C=O) groups excluding carboxylic acids is 3. The van der Waals surface area contributed by atoms with Gasteiger partial charge in [-0.25, -0.2) is 4.98 Å². The van der Waals surface area contributed by atoms with E-state index in [1.54, 1.807) is 54.6 Å². The number of imidazole rings is 1. The number of para-hydroxylation sites is 2. The number of amides is 1. The van der Waals surface area contributed by atoms with Crippen LogP contribution in [0.1, 0.15) is 45.3 Å². The number of carbonyl (C=O) groups is 3. The molecule has 33 heavy (non-hydrogen) atoms. The summed E-state index contributed by atoms with van der Waals surface area (Å²) < 4.78 is 1.48. The van der Waals surface area contributed by atoms with E-state index >= 15 is 0 Å². The minimum absolute atomic E-state index is 0.171. The van der Waals surface area contributed by atoms with Gasteiger partial charge in [-0.2, -0.15) is 0 Å². The van der Waals surface area contributed by atoms with Crippen LogP contribution in [0.25, 0.3) is 11.0 Å². The number of hydrogen-bond donors (Lipinski definition) is 1. The molecule has 1 aromatic heterocycles. The van der Waals surface area contributed by atoms with E-state index in [0.717, 1.165) is 5.56 Å². The smallest absolute Gasteiger partial charge is 0.255 e. The van der Waals surface area contributed by atoms with Crippen molar-refractivity contribution in [1.82, 2.24) is 14.9 Å². The summed E-state index contributed by atoms with van der Waals surface area (Å²) in [5, 5.41) is 3.34. The molecule has 0 spiro atoms. The molecule has 3 atom stereocenters. The van der Waals surface area contributed by atoms with E-state index in [-0.39, 0.29) is 17.6 Å². The van der Waals surface area contributed by atoms with Crippen molar-refractivity contribution in [2.45, 2.75) is 24.8 Å². The van der Waals surface area contributed by atoms with E-state index in [9.17, 15) is 14.4 Å². The summed E-state index contributed by atoms with van der Waals surface area (Å²) in [7, 11) is 0. The zero-order valence-electron chi connectivity index (χ0n) is 17.7. The van der Waals surface area contributed by atoms with E-state index in [0.29, 0.717) is 27.4 Å². The average molecular weight is 458 g/mol. The Morgan fingerprint density at radius 1 is 0.939 bits per heavy atom. The fourth-order valence-electron chi connectivity index (χ4n) is 4.63. The number of hydrogen-bond acceptors (Lipinski definition) is 4. The standard InChI is InChI=1S/C26H20ClN3O3/c1-15(31)28-23-21(16-11-13-18(27)14-12-16)22(24(32)17-7-3-2-4-8-17)25-29-19-9-5-6-10-20(19)30(25)26(23)33/h2-14,21-23H,1H3,(H,28,31)/t21-,22-,23-/m0/s1. The van der Waals surface area contributed by atoms with Crippen LogP contribution in [0.5, 0.6) is 0 Å². The molecule has 0 bridgehead atoms. The predicted molar refractivity (Wildman–Crippen MR) is 126 cm³/mol. The summed E-state index contributed by atoms with van der Waals surface area (Å²) in [6.07, 6.45) is 0. The SMILES string of the molecule is CC(=O)N[C@@H]1C(=O)n2c(nc3ccccc32)[C@H](C(=O)c2ccccc2)[C@@H]1c1ccc(Cl)cc1. The Bertz CT molecular complexity index is 1380. The van der Waals surface area contributed by atoms with Gasteiger partial charge in [0.15, 0.2) is 5.78 Å². The highest BCUT2D eigenvalue weighted by Crippen LogP contribution is 2.43. The number of fused-ring (bicyclic) bond motifs is 3. The largest absolute Gasteiger partial charge is 0.344 e. The van der Waals surface area contributed by atoms with E-state index in [2.05, 4.69) is 5.32 Å². The second-order valence-electron chi connectivity index (χ2n) is 8.10. The number of aromatic nitrogens is 2. The van der Waals surface area contributed by atoms with Gasteiger partial charge in [-0.3, -0.25) is 19.0 Å². The third-order valence-corrected chi connectivity index (χ3v) is 6.28. The first-order valence-corrected chi connectivity index (χ1v) is 11.0. The molecule has 0 radical (unpaired) electrons. The Morgan fingerprint density at radius 2 is 1.61 bits per heavy atom. The molecule has 4 aromatic rings. The van der Waals surface area contributed by atoms with Crippen molar-refractivity contribution < 1.29 is 14.4 Å². The quantitative estimate of drug-likeness (QED) is 0.454. The first-order valence-electron chi connectivity index (χ1n) is 10.6. The number of rotatable bonds is 4. The van der Waals surface area contributed by atoms with Gasteiger partial charge < -0.3 is 5.32 Å². The van der Waals surface area contributed by atoms with Crippen molar-refractivity contribution in [1.29, 1.82) is 0 Å². The van der Waals surface area contributed by atoms with E-state index in [4.69, 9.17) is 16.6 Å². The zero-order valence-corrected chi connectivity index (χ0v) is 18.5. The van der Waals surface area contributed by atoms with E-state index in [1.807, 2.05) is 24.3 Å². The Kier molecular flexibility index (Phi) is 5.30. The Labute approximate surface area is 195 Å². The lowest BCUT2D eigenvalue weighted by Gasteiger charge is -2.37. The number of halogens is 1. The zero-order chi connectivity index (χ0) is 23.1. The number of Topliss-reactive ketones (excluding diaryl/α,β-unsaturated/α-hetero) is 1. The van der Waals surface area contributed by atoms with E-state index in [1.165, 1.54) is 11.5 Å². The van der Waals surface area contributed by atoms with Gasteiger partial charge in [0.05, 0.1) is 17.0 Å². The monoisotopic (exact) mass is 457 g/mol. The van der Waals surface area contributed by atoms with Crippen molar-refractivity contribution in [3.05, 3.63) is 101 Å². The second-order valence-corrected chi connectivity index (χ2v) is 8.53. The van der Waals surface area contributed by atoms with Gasteiger partial charge in [-0.1, -0.05) is 66.2 Å². The van der Waals surface area contributed by atoms with Gasteiger partial charge in [-0.05, 0) is 29.8 Å². The van der Waals surface area contributed by atoms with Crippen LogP contribution >= 0.6 is 11.6 Å². The minimum atomic E-state index is -0.952. The summed E-state index contributed by atoms with van der Waals surface area (Å²) >= 11 is 6.11. The van der Waals surface area contributed by atoms with Crippen molar-refractivity contribution >= 4 is 40.2 Å². The van der Waals surface area contributed by atoms with Gasteiger partial charge in [-0.15, -0.1) is 0 Å². The fraction of sp³-hybridized carbons (Fsp3) is 0.154.